The van der Waals surface area contributed by atoms with Crippen molar-refractivity contribution in [2.24, 2.45) is 0 Å². The van der Waals surface area contributed by atoms with Gasteiger partial charge < -0.3 is 5.21 Å². The first-order chi connectivity index (χ1) is 8.04. The van der Waals surface area contributed by atoms with E-state index in [1.807, 2.05) is 0 Å². The number of hydrogen-bond acceptors (Lipinski definition) is 4. The second-order valence-corrected chi connectivity index (χ2v) is 4.32. The van der Waals surface area contributed by atoms with Crippen LogP contribution in [0.3, 0.4) is 0 Å². The summed E-state index contributed by atoms with van der Waals surface area (Å²) in [5, 5.41) is 20.8. The highest BCUT2D eigenvalue weighted by Crippen LogP contribution is 2.20. The zero-order valence-corrected chi connectivity index (χ0v) is 10.4. The Morgan fingerprint density at radius 1 is 1.59 bits per heavy atom. The fraction of sp³-hybridized carbons (Fsp3) is 0.100. The van der Waals surface area contributed by atoms with Crippen LogP contribution in [0.1, 0.15) is 16.3 Å². The fourth-order valence-electron chi connectivity index (χ4n) is 1.55. The maximum Gasteiger partial charge on any atom is 0.315 e. The highest BCUT2D eigenvalue weighted by Gasteiger charge is 2.21. The van der Waals surface area contributed by atoms with Gasteiger partial charge in [0, 0.05) is 11.4 Å². The lowest BCUT2D eigenvalue weighted by atomic mass is 10.2. The molecule has 0 unspecified atom stereocenters. The molecule has 0 aliphatic heterocycles. The third-order valence-corrected chi connectivity index (χ3v) is 2.80. The van der Waals surface area contributed by atoms with Gasteiger partial charge in [0.2, 0.25) is 5.69 Å². The first-order valence-electron chi connectivity index (χ1n) is 4.68. The SMILES string of the molecule is Cc1nc2ccc(Br)cc2c(C(=O)NO)[n+]1[O-]. The van der Waals surface area contributed by atoms with Crippen LogP contribution in [-0.2, 0) is 0 Å². The van der Waals surface area contributed by atoms with E-state index in [1.54, 1.807) is 18.2 Å². The number of benzene rings is 1. The van der Waals surface area contributed by atoms with Crippen LogP contribution in [0.2, 0.25) is 0 Å². The number of rotatable bonds is 1. The van der Waals surface area contributed by atoms with Gasteiger partial charge in [0.1, 0.15) is 0 Å². The van der Waals surface area contributed by atoms with E-state index in [-0.39, 0.29) is 11.5 Å². The molecule has 0 bridgehead atoms. The molecule has 1 amide bonds. The zero-order valence-electron chi connectivity index (χ0n) is 8.77. The molecule has 0 saturated heterocycles. The molecule has 0 radical (unpaired) electrons. The molecule has 0 aliphatic carbocycles. The van der Waals surface area contributed by atoms with Crippen molar-refractivity contribution in [2.45, 2.75) is 6.92 Å². The van der Waals surface area contributed by atoms with E-state index < -0.39 is 5.91 Å². The molecule has 2 rings (SSSR count). The Kier molecular flexibility index (Phi) is 2.95. The van der Waals surface area contributed by atoms with Gasteiger partial charge in [0.25, 0.3) is 5.82 Å². The van der Waals surface area contributed by atoms with Gasteiger partial charge in [-0.3, -0.25) is 10.0 Å². The summed E-state index contributed by atoms with van der Waals surface area (Å²) >= 11 is 3.25. The number of halogens is 1. The normalized spacial score (nSPS) is 10.5. The molecule has 0 saturated carbocycles. The summed E-state index contributed by atoms with van der Waals surface area (Å²) in [4.78, 5) is 15.5. The summed E-state index contributed by atoms with van der Waals surface area (Å²) in [7, 11) is 0. The van der Waals surface area contributed by atoms with Crippen LogP contribution >= 0.6 is 15.9 Å². The number of carbonyl (C=O) groups is 1. The van der Waals surface area contributed by atoms with Crippen molar-refractivity contribution in [3.05, 3.63) is 39.4 Å². The molecule has 0 fully saturated rings. The lowest BCUT2D eigenvalue weighted by molar-refractivity contribution is -0.616. The number of fused-ring (bicyclic) bond motifs is 1. The summed E-state index contributed by atoms with van der Waals surface area (Å²) < 4.78 is 1.10. The Bertz CT molecular complexity index is 615. The molecular formula is C10H8BrN3O3. The van der Waals surface area contributed by atoms with Gasteiger partial charge in [-0.25, -0.2) is 10.2 Å². The number of nitrogens with zero attached hydrogens (tertiary/aromatic N) is 2. The predicted octanol–water partition coefficient (Wildman–Crippen LogP) is 1.06. The molecule has 6 nitrogen and oxygen atoms in total. The number of amides is 1. The maximum atomic E-state index is 11.8. The molecular weight excluding hydrogens is 290 g/mol. The standard InChI is InChI=1S/C10H8BrN3O3/c1-5-12-8-3-2-6(11)4-7(8)9(14(5)17)10(15)13-16/h2-4,16H,1H3,(H,13,15). The monoisotopic (exact) mass is 297 g/mol. The van der Waals surface area contributed by atoms with Crippen molar-refractivity contribution < 1.29 is 14.7 Å². The van der Waals surface area contributed by atoms with Crippen molar-refractivity contribution in [2.75, 3.05) is 0 Å². The molecule has 7 heteroatoms. The van der Waals surface area contributed by atoms with Crippen molar-refractivity contribution in [3.63, 3.8) is 0 Å². The lowest BCUT2D eigenvalue weighted by Gasteiger charge is -2.10. The summed E-state index contributed by atoms with van der Waals surface area (Å²) in [5.41, 5.74) is 1.78. The van der Waals surface area contributed by atoms with Crippen LogP contribution in [0.4, 0.5) is 0 Å². The third-order valence-electron chi connectivity index (χ3n) is 2.31. The average molecular weight is 298 g/mol. The van der Waals surface area contributed by atoms with Gasteiger partial charge in [0.05, 0.1) is 5.39 Å². The Balaban J connectivity index is 2.89. The van der Waals surface area contributed by atoms with Crippen LogP contribution in [0.5, 0.6) is 0 Å². The quantitative estimate of drug-likeness (QED) is 0.356. The molecule has 1 aromatic carbocycles. The van der Waals surface area contributed by atoms with Crippen molar-refractivity contribution in [1.82, 2.24) is 10.5 Å². The van der Waals surface area contributed by atoms with Crippen LogP contribution < -0.4 is 10.2 Å². The minimum absolute atomic E-state index is 0.137. The van der Waals surface area contributed by atoms with Gasteiger partial charge in [-0.05, 0) is 23.2 Å². The Morgan fingerprint density at radius 3 is 2.94 bits per heavy atom. The van der Waals surface area contributed by atoms with Gasteiger partial charge >= 0.3 is 5.91 Å². The summed E-state index contributed by atoms with van der Waals surface area (Å²) in [6.45, 7) is 1.49. The lowest BCUT2D eigenvalue weighted by Crippen LogP contribution is -2.42. The van der Waals surface area contributed by atoms with Crippen LogP contribution in [-0.4, -0.2) is 16.1 Å². The molecule has 1 aromatic heterocycles. The molecule has 88 valence electrons. The number of hydroxylamine groups is 1. The van der Waals surface area contributed by atoms with E-state index in [1.165, 1.54) is 12.4 Å². The number of aromatic nitrogens is 2. The van der Waals surface area contributed by atoms with Crippen LogP contribution in [0, 0.1) is 12.1 Å². The minimum Gasteiger partial charge on any atom is -0.710 e. The molecule has 0 aliphatic rings. The number of nitrogens with one attached hydrogen (secondary N) is 1. The zero-order chi connectivity index (χ0) is 12.6. The van der Waals surface area contributed by atoms with Gasteiger partial charge in [0.15, 0.2) is 5.52 Å². The van der Waals surface area contributed by atoms with Crippen molar-refractivity contribution in [1.29, 1.82) is 0 Å². The van der Waals surface area contributed by atoms with E-state index in [9.17, 15) is 10.0 Å². The highest BCUT2D eigenvalue weighted by molar-refractivity contribution is 9.10. The fourth-order valence-corrected chi connectivity index (χ4v) is 1.91. The molecule has 2 aromatic rings. The Labute approximate surface area is 105 Å². The topological polar surface area (TPSA) is 89.2 Å². The number of aryl methyl sites for hydroxylation is 1. The van der Waals surface area contributed by atoms with Crippen LogP contribution in [0.15, 0.2) is 22.7 Å². The van der Waals surface area contributed by atoms with Crippen LogP contribution in [0.25, 0.3) is 10.9 Å². The smallest absolute Gasteiger partial charge is 0.315 e. The van der Waals surface area contributed by atoms with E-state index in [4.69, 9.17) is 5.21 Å². The van der Waals surface area contributed by atoms with E-state index in [0.717, 1.165) is 0 Å². The molecule has 0 atom stereocenters. The first kappa shape index (κ1) is 11.7. The molecule has 1 heterocycles. The highest BCUT2D eigenvalue weighted by atomic mass is 79.9. The molecule has 0 spiro atoms. The number of hydrogen-bond donors (Lipinski definition) is 2. The third kappa shape index (κ3) is 1.94. The molecule has 17 heavy (non-hydrogen) atoms. The van der Waals surface area contributed by atoms with Gasteiger partial charge in [-0.1, -0.05) is 15.9 Å². The van der Waals surface area contributed by atoms with Crippen molar-refractivity contribution >= 4 is 32.7 Å². The predicted molar refractivity (Wildman–Crippen MR) is 62.4 cm³/mol. The second kappa shape index (κ2) is 4.27. The summed E-state index contributed by atoms with van der Waals surface area (Å²) in [6, 6.07) is 5.03. The Morgan fingerprint density at radius 2 is 2.29 bits per heavy atom. The van der Waals surface area contributed by atoms with E-state index >= 15 is 0 Å². The summed E-state index contributed by atoms with van der Waals surface area (Å²) in [6.07, 6.45) is 0. The largest absolute Gasteiger partial charge is 0.710 e. The second-order valence-electron chi connectivity index (χ2n) is 3.40. The van der Waals surface area contributed by atoms with E-state index in [2.05, 4.69) is 20.9 Å². The van der Waals surface area contributed by atoms with Gasteiger partial charge in [-0.15, -0.1) is 0 Å². The molecule has 2 N–H and O–H groups in total. The first-order valence-corrected chi connectivity index (χ1v) is 5.47. The average Bonchev–Trinajstić information content (AvgIpc) is 2.31. The maximum absolute atomic E-state index is 11.8. The van der Waals surface area contributed by atoms with Crippen molar-refractivity contribution in [3.8, 4) is 0 Å². The number of carbonyl (C=O) groups excluding carboxylic acids is 1. The van der Waals surface area contributed by atoms with E-state index in [0.29, 0.717) is 20.1 Å². The van der Waals surface area contributed by atoms with Gasteiger partial charge in [-0.2, -0.15) is 0 Å². The summed E-state index contributed by atoms with van der Waals surface area (Å²) in [5.74, 6) is -0.730. The Hall–Kier alpha value is -1.73. The minimum atomic E-state index is -0.867.